The van der Waals surface area contributed by atoms with Gasteiger partial charge in [0.05, 0.1) is 4.92 Å². The number of anilines is 1. The van der Waals surface area contributed by atoms with Crippen LogP contribution in [0.1, 0.15) is 20.8 Å². The average molecular weight is 378 g/mol. The fraction of sp³-hybridized carbons (Fsp3) is 0.312. The highest BCUT2D eigenvalue weighted by Crippen LogP contribution is 2.33. The van der Waals surface area contributed by atoms with Crippen molar-refractivity contribution in [3.8, 4) is 5.75 Å². The van der Waals surface area contributed by atoms with E-state index in [9.17, 15) is 19.7 Å². The Hall–Kier alpha value is -2.85. The number of hydrogen-bond donors (Lipinski definition) is 2. The minimum absolute atomic E-state index is 0.0340. The first-order chi connectivity index (χ1) is 12.1. The molecule has 1 unspecified atom stereocenters. The summed E-state index contributed by atoms with van der Waals surface area (Å²) in [5, 5.41) is 12.8. The monoisotopic (exact) mass is 378 g/mol. The Balaban J connectivity index is 2.28. The van der Waals surface area contributed by atoms with E-state index in [0.29, 0.717) is 11.3 Å². The molecule has 0 aliphatic carbocycles. The third-order valence-electron chi connectivity index (χ3n) is 3.71. The normalized spacial score (nSPS) is 13.5. The molecule has 0 spiro atoms. The summed E-state index contributed by atoms with van der Waals surface area (Å²) >= 11 is 0.662. The van der Waals surface area contributed by atoms with Crippen molar-refractivity contribution < 1.29 is 19.2 Å². The van der Waals surface area contributed by atoms with E-state index in [4.69, 9.17) is 10.5 Å². The minimum Gasteiger partial charge on any atom is -0.425 e. The van der Waals surface area contributed by atoms with E-state index in [1.807, 2.05) is 0 Å². The maximum atomic E-state index is 12.8. The molecule has 9 nitrogen and oxygen atoms in total. The number of benzene rings is 1. The van der Waals surface area contributed by atoms with E-state index < -0.39 is 27.8 Å². The second-order valence-electron chi connectivity index (χ2n) is 6.48. The lowest BCUT2D eigenvalue weighted by atomic mass is 9.73. The predicted octanol–water partition coefficient (Wildman–Crippen LogP) is 2.34. The number of hydrogen-bond acceptors (Lipinski definition) is 8. The topological polar surface area (TPSA) is 137 Å². The molecule has 1 heterocycles. The van der Waals surface area contributed by atoms with E-state index in [0.717, 1.165) is 6.20 Å². The number of rotatable bonds is 5. The molecule has 26 heavy (non-hydrogen) atoms. The quantitative estimate of drug-likeness (QED) is 0.268. The molecule has 0 bridgehead atoms. The highest BCUT2D eigenvalue weighted by molar-refractivity contribution is 7.18. The highest BCUT2D eigenvalue weighted by atomic mass is 32.1. The van der Waals surface area contributed by atoms with Crippen molar-refractivity contribution >= 4 is 33.3 Å². The fourth-order valence-electron chi connectivity index (χ4n) is 2.02. The smallest absolute Gasteiger partial charge is 0.345 e. The van der Waals surface area contributed by atoms with Gasteiger partial charge < -0.3 is 10.5 Å². The van der Waals surface area contributed by atoms with Gasteiger partial charge >= 0.3 is 11.0 Å². The lowest BCUT2D eigenvalue weighted by Crippen LogP contribution is -2.66. The van der Waals surface area contributed by atoms with Gasteiger partial charge in [-0.25, -0.2) is 9.78 Å². The number of carbonyl (C=O) groups excluding carboxylic acids is 2. The third-order valence-corrected chi connectivity index (χ3v) is 4.58. The SMILES string of the molecule is CC(C)(C)C(N)(C(=O)Nc1ncc([N+](=O)[O-])s1)C(=O)Oc1ccccc1. The fourth-order valence-corrected chi connectivity index (χ4v) is 2.65. The zero-order valence-electron chi connectivity index (χ0n) is 14.4. The molecule has 0 saturated carbocycles. The Labute approximate surface area is 153 Å². The van der Waals surface area contributed by atoms with Gasteiger partial charge in [0, 0.05) is 0 Å². The second kappa shape index (κ2) is 7.18. The standard InChI is InChI=1S/C16H18N4O5S/c1-15(2,3)16(17,13(22)25-10-7-5-4-6-8-10)12(21)19-14-18-9-11(26-14)20(23)24/h4-9H,17H2,1-3H3,(H,18,19,21). The number of nitrogens with zero attached hydrogens (tertiary/aromatic N) is 2. The largest absolute Gasteiger partial charge is 0.425 e. The number of nitrogens with two attached hydrogens (primary N) is 1. The van der Waals surface area contributed by atoms with Crippen molar-refractivity contribution in [2.24, 2.45) is 11.1 Å². The molecule has 1 amide bonds. The molecule has 1 aromatic heterocycles. The minimum atomic E-state index is -2.05. The lowest BCUT2D eigenvalue weighted by molar-refractivity contribution is -0.380. The molecular formula is C16H18N4O5S. The van der Waals surface area contributed by atoms with Crippen LogP contribution in [0, 0.1) is 15.5 Å². The molecule has 10 heteroatoms. The Morgan fingerprint density at radius 3 is 2.38 bits per heavy atom. The van der Waals surface area contributed by atoms with Gasteiger partial charge in [0.15, 0.2) is 10.7 Å². The molecular weight excluding hydrogens is 360 g/mol. The summed E-state index contributed by atoms with van der Waals surface area (Å²) in [6.07, 6.45) is 1.01. The van der Waals surface area contributed by atoms with Crippen LogP contribution >= 0.6 is 11.3 Å². The third kappa shape index (κ3) is 3.86. The maximum Gasteiger partial charge on any atom is 0.345 e. The van der Waals surface area contributed by atoms with Gasteiger partial charge in [0.2, 0.25) is 0 Å². The van der Waals surface area contributed by atoms with Crippen LogP contribution in [-0.4, -0.2) is 27.3 Å². The van der Waals surface area contributed by atoms with E-state index in [1.165, 1.54) is 0 Å². The van der Waals surface area contributed by atoms with Crippen LogP contribution in [0.4, 0.5) is 10.1 Å². The summed E-state index contributed by atoms with van der Waals surface area (Å²) in [5.41, 5.74) is 3.12. The molecule has 138 valence electrons. The summed E-state index contributed by atoms with van der Waals surface area (Å²) in [4.78, 5) is 39.3. The lowest BCUT2D eigenvalue weighted by Gasteiger charge is -2.37. The second-order valence-corrected chi connectivity index (χ2v) is 7.48. The summed E-state index contributed by atoms with van der Waals surface area (Å²) in [6.45, 7) is 4.84. The van der Waals surface area contributed by atoms with Gasteiger partial charge in [-0.05, 0) is 28.9 Å². The molecule has 3 N–H and O–H groups in total. The molecule has 0 fully saturated rings. The van der Waals surface area contributed by atoms with Gasteiger partial charge in [0.1, 0.15) is 11.9 Å². The average Bonchev–Trinajstić information content (AvgIpc) is 3.02. The van der Waals surface area contributed by atoms with Crippen molar-refractivity contribution in [2.75, 3.05) is 5.32 Å². The molecule has 0 radical (unpaired) electrons. The van der Waals surface area contributed by atoms with Crippen molar-refractivity contribution in [2.45, 2.75) is 26.3 Å². The molecule has 2 rings (SSSR count). The molecule has 0 aliphatic rings. The molecule has 1 aromatic carbocycles. The van der Waals surface area contributed by atoms with Crippen molar-refractivity contribution in [3.05, 3.63) is 46.6 Å². The Kier molecular flexibility index (Phi) is 5.38. The van der Waals surface area contributed by atoms with Crippen molar-refractivity contribution in [1.82, 2.24) is 4.98 Å². The Bertz CT molecular complexity index is 831. The Morgan fingerprint density at radius 2 is 1.88 bits per heavy atom. The van der Waals surface area contributed by atoms with Crippen LogP contribution in [0.5, 0.6) is 5.75 Å². The van der Waals surface area contributed by atoms with E-state index in [-0.39, 0.29) is 15.9 Å². The summed E-state index contributed by atoms with van der Waals surface area (Å²) in [5.74, 6) is -1.57. The number of nitro groups is 1. The molecule has 0 aliphatic heterocycles. The first kappa shape index (κ1) is 19.5. The van der Waals surface area contributed by atoms with Gasteiger partial charge in [-0.3, -0.25) is 20.2 Å². The van der Waals surface area contributed by atoms with E-state index in [1.54, 1.807) is 51.1 Å². The highest BCUT2D eigenvalue weighted by Gasteiger charge is 2.53. The number of thiazole rings is 1. The van der Waals surface area contributed by atoms with Crippen molar-refractivity contribution in [3.63, 3.8) is 0 Å². The van der Waals surface area contributed by atoms with Gasteiger partial charge in [-0.15, -0.1) is 0 Å². The molecule has 0 saturated heterocycles. The van der Waals surface area contributed by atoms with Crippen molar-refractivity contribution in [1.29, 1.82) is 0 Å². The first-order valence-electron chi connectivity index (χ1n) is 7.53. The predicted molar refractivity (Wildman–Crippen MR) is 95.8 cm³/mol. The number of ether oxygens (including phenoxy) is 1. The zero-order chi connectivity index (χ0) is 19.5. The molecule has 2 aromatic rings. The van der Waals surface area contributed by atoms with Gasteiger partial charge in [-0.1, -0.05) is 39.0 Å². The number of carbonyl (C=O) groups is 2. The number of amides is 1. The number of esters is 1. The van der Waals surface area contributed by atoms with Crippen LogP contribution in [0.2, 0.25) is 0 Å². The first-order valence-corrected chi connectivity index (χ1v) is 8.35. The summed E-state index contributed by atoms with van der Waals surface area (Å²) in [7, 11) is 0. The van der Waals surface area contributed by atoms with Crippen LogP contribution < -0.4 is 15.8 Å². The maximum absolute atomic E-state index is 12.8. The van der Waals surface area contributed by atoms with E-state index >= 15 is 0 Å². The Morgan fingerprint density at radius 1 is 1.27 bits per heavy atom. The van der Waals surface area contributed by atoms with Gasteiger partial charge in [0.25, 0.3) is 5.91 Å². The number of nitrogens with one attached hydrogen (secondary N) is 1. The van der Waals surface area contributed by atoms with E-state index in [2.05, 4.69) is 10.3 Å². The number of para-hydroxylation sites is 1. The molecule has 1 atom stereocenters. The summed E-state index contributed by atoms with van der Waals surface area (Å²) < 4.78 is 5.26. The van der Waals surface area contributed by atoms with Crippen LogP contribution in [0.25, 0.3) is 0 Å². The van der Waals surface area contributed by atoms with Crippen LogP contribution in [0.3, 0.4) is 0 Å². The summed E-state index contributed by atoms with van der Waals surface area (Å²) in [6, 6.07) is 8.21. The zero-order valence-corrected chi connectivity index (χ0v) is 15.2. The van der Waals surface area contributed by atoms with Gasteiger partial charge in [-0.2, -0.15) is 0 Å². The van der Waals surface area contributed by atoms with Crippen LogP contribution in [0.15, 0.2) is 36.5 Å². The number of aromatic nitrogens is 1. The van der Waals surface area contributed by atoms with Crippen LogP contribution in [-0.2, 0) is 9.59 Å².